The van der Waals surface area contributed by atoms with Gasteiger partial charge in [-0.3, -0.25) is 9.59 Å². The summed E-state index contributed by atoms with van der Waals surface area (Å²) in [7, 11) is 0. The molecule has 0 unspecified atom stereocenters. The molecule has 0 fully saturated rings. The number of amides is 1. The van der Waals surface area contributed by atoms with Crippen LogP contribution in [0, 0.1) is 0 Å². The van der Waals surface area contributed by atoms with Crippen molar-refractivity contribution in [2.24, 2.45) is 0 Å². The van der Waals surface area contributed by atoms with Crippen molar-refractivity contribution >= 4 is 12.2 Å². The molecular weight excluding hydrogens is 250 g/mol. The van der Waals surface area contributed by atoms with Crippen molar-refractivity contribution in [3.05, 3.63) is 71.3 Å². The van der Waals surface area contributed by atoms with E-state index in [1.165, 1.54) is 0 Å². The summed E-state index contributed by atoms with van der Waals surface area (Å²) in [5.74, 6) is -0.156. The standard InChI is InChI=1S/C17H17NO2/c1-17(2,15-6-4-3-5-7-15)18-16(20)14-10-8-13(12-19)9-11-14/h3-12H,1-2H3,(H,18,20). The summed E-state index contributed by atoms with van der Waals surface area (Å²) in [4.78, 5) is 22.8. The number of aldehydes is 1. The largest absolute Gasteiger partial charge is 0.343 e. The Bertz CT molecular complexity index is 601. The molecular formula is C17H17NO2. The SMILES string of the molecule is CC(C)(NC(=O)c1ccc(C=O)cc1)c1ccccc1. The van der Waals surface area contributed by atoms with Crippen LogP contribution in [0.5, 0.6) is 0 Å². The van der Waals surface area contributed by atoms with Crippen molar-refractivity contribution in [1.29, 1.82) is 0 Å². The van der Waals surface area contributed by atoms with Gasteiger partial charge in [0.25, 0.3) is 5.91 Å². The van der Waals surface area contributed by atoms with Crippen LogP contribution in [-0.2, 0) is 5.54 Å². The highest BCUT2D eigenvalue weighted by molar-refractivity contribution is 5.95. The predicted octanol–water partition coefficient (Wildman–Crippen LogP) is 3.16. The summed E-state index contributed by atoms with van der Waals surface area (Å²) in [6.07, 6.45) is 0.760. The van der Waals surface area contributed by atoms with Gasteiger partial charge in [0.15, 0.2) is 0 Å². The molecule has 1 amide bonds. The minimum Gasteiger partial charge on any atom is -0.343 e. The monoisotopic (exact) mass is 267 g/mol. The van der Waals surface area contributed by atoms with Gasteiger partial charge in [-0.1, -0.05) is 42.5 Å². The Labute approximate surface area is 118 Å². The minimum atomic E-state index is -0.457. The zero-order chi connectivity index (χ0) is 14.6. The van der Waals surface area contributed by atoms with Gasteiger partial charge in [-0.25, -0.2) is 0 Å². The van der Waals surface area contributed by atoms with E-state index in [4.69, 9.17) is 0 Å². The van der Waals surface area contributed by atoms with Crippen LogP contribution in [0.4, 0.5) is 0 Å². The topological polar surface area (TPSA) is 46.2 Å². The second kappa shape index (κ2) is 5.70. The van der Waals surface area contributed by atoms with Crippen molar-refractivity contribution in [2.45, 2.75) is 19.4 Å². The molecule has 0 radical (unpaired) electrons. The van der Waals surface area contributed by atoms with Crippen LogP contribution in [-0.4, -0.2) is 12.2 Å². The van der Waals surface area contributed by atoms with E-state index in [0.717, 1.165) is 11.8 Å². The summed E-state index contributed by atoms with van der Waals surface area (Å²) in [6, 6.07) is 16.4. The Balaban J connectivity index is 2.16. The third-order valence-electron chi connectivity index (χ3n) is 3.23. The van der Waals surface area contributed by atoms with E-state index in [0.29, 0.717) is 11.1 Å². The second-order valence-electron chi connectivity index (χ2n) is 5.19. The quantitative estimate of drug-likeness (QED) is 0.865. The number of hydrogen-bond donors (Lipinski definition) is 1. The molecule has 0 spiro atoms. The lowest BCUT2D eigenvalue weighted by Gasteiger charge is -2.27. The van der Waals surface area contributed by atoms with E-state index in [1.54, 1.807) is 24.3 Å². The Morgan fingerprint density at radius 3 is 2.15 bits per heavy atom. The molecule has 2 aromatic rings. The smallest absolute Gasteiger partial charge is 0.251 e. The molecule has 0 saturated heterocycles. The summed E-state index contributed by atoms with van der Waals surface area (Å²) < 4.78 is 0. The van der Waals surface area contributed by atoms with Crippen LogP contribution in [0.25, 0.3) is 0 Å². The molecule has 0 aliphatic rings. The van der Waals surface area contributed by atoms with Crippen LogP contribution < -0.4 is 5.32 Å². The number of hydrogen-bond acceptors (Lipinski definition) is 2. The lowest BCUT2D eigenvalue weighted by Crippen LogP contribution is -2.40. The number of rotatable bonds is 4. The fourth-order valence-corrected chi connectivity index (χ4v) is 2.00. The van der Waals surface area contributed by atoms with Crippen LogP contribution >= 0.6 is 0 Å². The highest BCUT2D eigenvalue weighted by Crippen LogP contribution is 2.20. The Morgan fingerprint density at radius 2 is 1.60 bits per heavy atom. The zero-order valence-electron chi connectivity index (χ0n) is 11.6. The van der Waals surface area contributed by atoms with E-state index >= 15 is 0 Å². The van der Waals surface area contributed by atoms with Gasteiger partial charge in [-0.05, 0) is 31.5 Å². The summed E-state index contributed by atoms with van der Waals surface area (Å²) >= 11 is 0. The first kappa shape index (κ1) is 14.0. The first-order chi connectivity index (χ1) is 9.53. The lowest BCUT2D eigenvalue weighted by molar-refractivity contribution is 0.0911. The van der Waals surface area contributed by atoms with Crippen molar-refractivity contribution in [3.63, 3.8) is 0 Å². The van der Waals surface area contributed by atoms with E-state index in [9.17, 15) is 9.59 Å². The van der Waals surface area contributed by atoms with Gasteiger partial charge in [0.2, 0.25) is 0 Å². The fraction of sp³-hybridized carbons (Fsp3) is 0.176. The first-order valence-electron chi connectivity index (χ1n) is 6.46. The summed E-state index contributed by atoms with van der Waals surface area (Å²) in [6.45, 7) is 3.92. The van der Waals surface area contributed by atoms with Crippen LogP contribution in [0.15, 0.2) is 54.6 Å². The highest BCUT2D eigenvalue weighted by Gasteiger charge is 2.22. The maximum absolute atomic E-state index is 12.2. The van der Waals surface area contributed by atoms with E-state index in [1.807, 2.05) is 44.2 Å². The average molecular weight is 267 g/mol. The van der Waals surface area contributed by atoms with E-state index in [-0.39, 0.29) is 5.91 Å². The van der Waals surface area contributed by atoms with Crippen LogP contribution in [0.2, 0.25) is 0 Å². The molecule has 0 heterocycles. The van der Waals surface area contributed by atoms with Gasteiger partial charge in [0, 0.05) is 11.1 Å². The van der Waals surface area contributed by atoms with E-state index < -0.39 is 5.54 Å². The van der Waals surface area contributed by atoms with E-state index in [2.05, 4.69) is 5.32 Å². The third-order valence-corrected chi connectivity index (χ3v) is 3.23. The number of benzene rings is 2. The Hall–Kier alpha value is -2.42. The molecule has 0 aliphatic carbocycles. The molecule has 0 bridgehead atoms. The fourth-order valence-electron chi connectivity index (χ4n) is 2.00. The Morgan fingerprint density at radius 1 is 1.00 bits per heavy atom. The van der Waals surface area contributed by atoms with Gasteiger partial charge < -0.3 is 5.32 Å². The Kier molecular flexibility index (Phi) is 3.99. The molecule has 2 aromatic carbocycles. The maximum Gasteiger partial charge on any atom is 0.251 e. The number of carbonyl (C=O) groups is 2. The second-order valence-corrected chi connectivity index (χ2v) is 5.19. The van der Waals surface area contributed by atoms with Gasteiger partial charge in [-0.15, -0.1) is 0 Å². The molecule has 102 valence electrons. The predicted molar refractivity (Wildman–Crippen MR) is 78.8 cm³/mol. The van der Waals surface area contributed by atoms with Crippen LogP contribution in [0.1, 0.15) is 40.1 Å². The average Bonchev–Trinajstić information content (AvgIpc) is 2.48. The van der Waals surface area contributed by atoms with Gasteiger partial charge in [-0.2, -0.15) is 0 Å². The van der Waals surface area contributed by atoms with Gasteiger partial charge in [0.1, 0.15) is 6.29 Å². The minimum absolute atomic E-state index is 0.156. The lowest BCUT2D eigenvalue weighted by atomic mass is 9.94. The van der Waals surface area contributed by atoms with Crippen molar-refractivity contribution in [1.82, 2.24) is 5.32 Å². The normalized spacial score (nSPS) is 10.9. The van der Waals surface area contributed by atoms with Gasteiger partial charge >= 0.3 is 0 Å². The summed E-state index contributed by atoms with van der Waals surface area (Å²) in [5.41, 5.74) is 1.68. The van der Waals surface area contributed by atoms with Crippen molar-refractivity contribution < 1.29 is 9.59 Å². The molecule has 3 heteroatoms. The maximum atomic E-state index is 12.2. The van der Waals surface area contributed by atoms with Gasteiger partial charge in [0.05, 0.1) is 5.54 Å². The molecule has 0 aromatic heterocycles. The highest BCUT2D eigenvalue weighted by atomic mass is 16.1. The zero-order valence-corrected chi connectivity index (χ0v) is 11.6. The molecule has 0 atom stereocenters. The molecule has 1 N–H and O–H groups in total. The van der Waals surface area contributed by atoms with Crippen molar-refractivity contribution in [3.8, 4) is 0 Å². The molecule has 2 rings (SSSR count). The molecule has 3 nitrogen and oxygen atoms in total. The number of nitrogens with one attached hydrogen (secondary N) is 1. The number of carbonyl (C=O) groups excluding carboxylic acids is 2. The molecule has 20 heavy (non-hydrogen) atoms. The molecule has 0 saturated carbocycles. The molecule has 0 aliphatic heterocycles. The third kappa shape index (κ3) is 3.12. The first-order valence-corrected chi connectivity index (χ1v) is 6.46. The summed E-state index contributed by atoms with van der Waals surface area (Å²) in [5, 5.41) is 3.00. The van der Waals surface area contributed by atoms with Crippen LogP contribution in [0.3, 0.4) is 0 Å². The van der Waals surface area contributed by atoms with Crippen molar-refractivity contribution in [2.75, 3.05) is 0 Å².